The summed E-state index contributed by atoms with van der Waals surface area (Å²) in [7, 11) is 0. The largest absolute Gasteiger partial charge is 0.379 e. The molecule has 2 rings (SSSR count). The number of thiocarbonyl (C=S) groups is 2. The molecule has 0 aliphatic carbocycles. The number of nitrogens with zero attached hydrogens (tertiary/aromatic N) is 1. The van der Waals surface area contributed by atoms with Crippen molar-refractivity contribution in [2.24, 2.45) is 0 Å². The van der Waals surface area contributed by atoms with Gasteiger partial charge in [-0.3, -0.25) is 15.8 Å². The van der Waals surface area contributed by atoms with E-state index < -0.39 is 0 Å². The summed E-state index contributed by atoms with van der Waals surface area (Å²) >= 11 is 10.5. The van der Waals surface area contributed by atoms with Crippen LogP contribution >= 0.6 is 24.4 Å². The lowest BCUT2D eigenvalue weighted by atomic mass is 10.1. The van der Waals surface area contributed by atoms with Crippen LogP contribution in [0.15, 0.2) is 18.2 Å². The number of benzene rings is 1. The first-order chi connectivity index (χ1) is 11.6. The summed E-state index contributed by atoms with van der Waals surface area (Å²) in [4.78, 5) is 2.35. The topological polar surface area (TPSA) is 60.6 Å². The van der Waals surface area contributed by atoms with Gasteiger partial charge in [-0.15, -0.1) is 0 Å². The second kappa shape index (κ2) is 9.73. The van der Waals surface area contributed by atoms with Crippen LogP contribution in [0, 0.1) is 13.8 Å². The van der Waals surface area contributed by atoms with E-state index in [1.165, 1.54) is 11.1 Å². The van der Waals surface area contributed by atoms with Crippen LogP contribution in [-0.2, 0) is 4.74 Å². The fourth-order valence-electron chi connectivity index (χ4n) is 2.35. The average Bonchev–Trinajstić information content (AvgIpc) is 2.58. The van der Waals surface area contributed by atoms with Gasteiger partial charge in [0.2, 0.25) is 0 Å². The molecule has 1 aromatic rings. The minimum absolute atomic E-state index is 0.473. The van der Waals surface area contributed by atoms with Crippen LogP contribution in [0.2, 0.25) is 0 Å². The van der Waals surface area contributed by atoms with Crippen molar-refractivity contribution in [3.05, 3.63) is 29.3 Å². The Morgan fingerprint density at radius 2 is 1.83 bits per heavy atom. The number of hydrogen-bond donors (Lipinski definition) is 4. The highest BCUT2D eigenvalue weighted by atomic mass is 32.1. The number of rotatable bonds is 4. The monoisotopic (exact) mass is 367 g/mol. The zero-order valence-corrected chi connectivity index (χ0v) is 15.8. The zero-order chi connectivity index (χ0) is 17.4. The Morgan fingerprint density at radius 3 is 2.58 bits per heavy atom. The molecule has 6 nitrogen and oxygen atoms in total. The third-order valence-corrected chi connectivity index (χ3v) is 4.41. The van der Waals surface area contributed by atoms with Gasteiger partial charge in [0.1, 0.15) is 0 Å². The minimum Gasteiger partial charge on any atom is -0.379 e. The highest BCUT2D eigenvalue weighted by molar-refractivity contribution is 7.80. The Labute approximate surface area is 154 Å². The molecule has 0 aromatic heterocycles. The van der Waals surface area contributed by atoms with Gasteiger partial charge in [-0.1, -0.05) is 12.1 Å². The van der Waals surface area contributed by atoms with Crippen molar-refractivity contribution in [1.82, 2.24) is 21.1 Å². The van der Waals surface area contributed by atoms with E-state index in [4.69, 9.17) is 29.2 Å². The number of aryl methyl sites for hydroxylation is 1. The van der Waals surface area contributed by atoms with Gasteiger partial charge >= 0.3 is 0 Å². The Morgan fingerprint density at radius 1 is 1.12 bits per heavy atom. The van der Waals surface area contributed by atoms with Gasteiger partial charge in [-0.05, 0) is 55.5 Å². The molecule has 8 heteroatoms. The van der Waals surface area contributed by atoms with Crippen molar-refractivity contribution in [2.75, 3.05) is 44.7 Å². The normalized spacial score (nSPS) is 14.8. The van der Waals surface area contributed by atoms with Crippen molar-refractivity contribution in [1.29, 1.82) is 0 Å². The van der Waals surface area contributed by atoms with Crippen molar-refractivity contribution in [3.8, 4) is 0 Å². The summed E-state index contributed by atoms with van der Waals surface area (Å²) in [6.45, 7) is 9.43. The summed E-state index contributed by atoms with van der Waals surface area (Å²) in [5.41, 5.74) is 9.18. The number of morpholine rings is 1. The molecule has 24 heavy (non-hydrogen) atoms. The fraction of sp³-hybridized carbons (Fsp3) is 0.500. The molecule has 0 spiro atoms. The minimum atomic E-state index is 0.473. The van der Waals surface area contributed by atoms with Gasteiger partial charge < -0.3 is 15.4 Å². The smallest absolute Gasteiger partial charge is 0.189 e. The van der Waals surface area contributed by atoms with Gasteiger partial charge in [0, 0.05) is 31.9 Å². The lowest BCUT2D eigenvalue weighted by molar-refractivity contribution is 0.0389. The molecule has 1 aliphatic heterocycles. The molecule has 0 amide bonds. The van der Waals surface area contributed by atoms with E-state index in [9.17, 15) is 0 Å². The van der Waals surface area contributed by atoms with E-state index in [2.05, 4.69) is 46.3 Å². The maximum absolute atomic E-state index is 5.33. The quantitative estimate of drug-likeness (QED) is 0.469. The van der Waals surface area contributed by atoms with Crippen molar-refractivity contribution < 1.29 is 4.74 Å². The molecule has 0 radical (unpaired) electrons. The number of anilines is 1. The first-order valence-electron chi connectivity index (χ1n) is 8.03. The van der Waals surface area contributed by atoms with Crippen LogP contribution in [-0.4, -0.2) is 54.5 Å². The second-order valence-corrected chi connectivity index (χ2v) is 6.48. The maximum Gasteiger partial charge on any atom is 0.189 e. The predicted molar refractivity (Wildman–Crippen MR) is 106 cm³/mol. The van der Waals surface area contributed by atoms with E-state index in [-0.39, 0.29) is 0 Å². The third kappa shape index (κ3) is 6.20. The van der Waals surface area contributed by atoms with Crippen molar-refractivity contribution in [2.45, 2.75) is 13.8 Å². The highest BCUT2D eigenvalue weighted by Gasteiger charge is 2.09. The van der Waals surface area contributed by atoms with Crippen LogP contribution in [0.25, 0.3) is 0 Å². The molecule has 0 atom stereocenters. The fourth-order valence-corrected chi connectivity index (χ4v) is 2.66. The Bertz CT molecular complexity index is 576. The molecule has 4 N–H and O–H groups in total. The van der Waals surface area contributed by atoms with Gasteiger partial charge in [0.05, 0.1) is 13.2 Å². The molecule has 1 aromatic carbocycles. The second-order valence-electron chi connectivity index (χ2n) is 5.66. The van der Waals surface area contributed by atoms with Crippen LogP contribution in [0.3, 0.4) is 0 Å². The first-order valence-corrected chi connectivity index (χ1v) is 8.85. The zero-order valence-electron chi connectivity index (χ0n) is 14.1. The summed E-state index contributed by atoms with van der Waals surface area (Å²) in [5, 5.41) is 7.31. The molecule has 1 heterocycles. The standard InChI is InChI=1S/C16H25N5OS2/c1-12-4-3-5-14(13(12)2)18-16(24)20-19-15(23)17-6-7-21-8-10-22-11-9-21/h3-5H,6-11H2,1-2H3,(H2,17,19,23)(H2,18,20,24). The Hall–Kier alpha value is -1.48. The molecule has 0 unspecified atom stereocenters. The van der Waals surface area contributed by atoms with Gasteiger partial charge in [0.25, 0.3) is 0 Å². The molecule has 1 saturated heterocycles. The maximum atomic E-state index is 5.33. The third-order valence-electron chi connectivity index (χ3n) is 3.96. The Kier molecular flexibility index (Phi) is 7.64. The molecule has 0 saturated carbocycles. The van der Waals surface area contributed by atoms with Crippen LogP contribution in [0.5, 0.6) is 0 Å². The SMILES string of the molecule is Cc1cccc(NC(=S)NNC(=S)NCCN2CCOCC2)c1C. The van der Waals surface area contributed by atoms with Crippen LogP contribution in [0.4, 0.5) is 5.69 Å². The van der Waals surface area contributed by atoms with Gasteiger partial charge in [-0.25, -0.2) is 0 Å². The predicted octanol–water partition coefficient (Wildman–Crippen LogP) is 1.30. The average molecular weight is 368 g/mol. The summed E-state index contributed by atoms with van der Waals surface area (Å²) in [6.07, 6.45) is 0. The summed E-state index contributed by atoms with van der Waals surface area (Å²) in [6, 6.07) is 6.07. The van der Waals surface area contributed by atoms with E-state index >= 15 is 0 Å². The van der Waals surface area contributed by atoms with Gasteiger partial charge in [0.15, 0.2) is 10.2 Å². The molecule has 132 valence electrons. The van der Waals surface area contributed by atoms with E-state index in [1.54, 1.807) is 0 Å². The molecular formula is C16H25N5OS2. The van der Waals surface area contributed by atoms with Crippen LogP contribution < -0.4 is 21.5 Å². The summed E-state index contributed by atoms with van der Waals surface area (Å²) < 4.78 is 5.33. The number of hydrazine groups is 1. The van der Waals surface area contributed by atoms with Crippen molar-refractivity contribution >= 4 is 40.3 Å². The molecule has 1 aliphatic rings. The number of hydrogen-bond acceptors (Lipinski definition) is 4. The van der Waals surface area contributed by atoms with Crippen LogP contribution in [0.1, 0.15) is 11.1 Å². The Balaban J connectivity index is 1.63. The molecule has 1 fully saturated rings. The number of ether oxygens (including phenoxy) is 1. The number of nitrogens with one attached hydrogen (secondary N) is 4. The molecule has 0 bridgehead atoms. The molecular weight excluding hydrogens is 342 g/mol. The van der Waals surface area contributed by atoms with Gasteiger partial charge in [-0.2, -0.15) is 0 Å². The van der Waals surface area contributed by atoms with E-state index in [0.29, 0.717) is 10.2 Å². The lowest BCUT2D eigenvalue weighted by Crippen LogP contribution is -2.50. The lowest BCUT2D eigenvalue weighted by Gasteiger charge is -2.26. The summed E-state index contributed by atoms with van der Waals surface area (Å²) in [5.74, 6) is 0. The van der Waals surface area contributed by atoms with E-state index in [1.807, 2.05) is 12.1 Å². The van der Waals surface area contributed by atoms with E-state index in [0.717, 1.165) is 45.1 Å². The highest BCUT2D eigenvalue weighted by Crippen LogP contribution is 2.17. The first kappa shape index (κ1) is 18.9. The van der Waals surface area contributed by atoms with Crippen molar-refractivity contribution in [3.63, 3.8) is 0 Å².